The van der Waals surface area contributed by atoms with Gasteiger partial charge in [0.2, 0.25) is 0 Å². The lowest BCUT2D eigenvalue weighted by Crippen LogP contribution is -2.33. The molecule has 0 amide bonds. The smallest absolute Gasteiger partial charge is 0.0590 e. The van der Waals surface area contributed by atoms with Crippen LogP contribution in [-0.4, -0.2) is 6.04 Å². The van der Waals surface area contributed by atoms with Gasteiger partial charge in [-0.1, -0.05) is 49.0 Å². The van der Waals surface area contributed by atoms with Gasteiger partial charge in [0.1, 0.15) is 0 Å². The van der Waals surface area contributed by atoms with Gasteiger partial charge in [-0.05, 0) is 31.3 Å². The first-order chi connectivity index (χ1) is 7.04. The van der Waals surface area contributed by atoms with Crippen LogP contribution in [0.25, 0.3) is 0 Å². The molecule has 0 aromatic carbocycles. The molecule has 0 aromatic rings. The highest BCUT2D eigenvalue weighted by Gasteiger charge is 2.24. The van der Waals surface area contributed by atoms with Gasteiger partial charge in [-0.15, -0.1) is 0 Å². The first kappa shape index (κ1) is 13.1. The summed E-state index contributed by atoms with van der Waals surface area (Å²) >= 11 is 11.9. The van der Waals surface area contributed by atoms with E-state index in [4.69, 9.17) is 28.9 Å². The van der Waals surface area contributed by atoms with E-state index in [-0.39, 0.29) is 6.04 Å². The molecule has 0 aromatic heterocycles. The van der Waals surface area contributed by atoms with E-state index >= 15 is 0 Å². The van der Waals surface area contributed by atoms with Crippen LogP contribution in [0.1, 0.15) is 39.0 Å². The molecule has 1 rings (SSSR count). The highest BCUT2D eigenvalue weighted by molar-refractivity contribution is 6.40. The highest BCUT2D eigenvalue weighted by Crippen LogP contribution is 2.32. The second-order valence-electron chi connectivity index (χ2n) is 4.30. The lowest BCUT2D eigenvalue weighted by molar-refractivity contribution is 0.327. The third-order valence-electron chi connectivity index (χ3n) is 3.14. The Kier molecular flexibility index (Phi) is 5.17. The van der Waals surface area contributed by atoms with Crippen molar-refractivity contribution in [3.63, 3.8) is 0 Å². The van der Waals surface area contributed by atoms with Crippen LogP contribution in [0.5, 0.6) is 0 Å². The van der Waals surface area contributed by atoms with Crippen LogP contribution in [0.4, 0.5) is 0 Å². The van der Waals surface area contributed by atoms with Gasteiger partial charge in [-0.2, -0.15) is 0 Å². The van der Waals surface area contributed by atoms with Crippen LogP contribution in [-0.2, 0) is 0 Å². The fourth-order valence-corrected chi connectivity index (χ4v) is 2.39. The number of hydrogen-bond acceptors (Lipinski definition) is 1. The maximum atomic E-state index is 6.15. The summed E-state index contributed by atoms with van der Waals surface area (Å²) in [4.78, 5) is 0. The molecule has 0 aliphatic heterocycles. The second kappa shape index (κ2) is 5.93. The zero-order valence-electron chi connectivity index (χ0n) is 9.23. The summed E-state index contributed by atoms with van der Waals surface area (Å²) in [6.07, 6.45) is 6.24. The maximum Gasteiger partial charge on any atom is 0.0590 e. The Hall–Kier alpha value is 0.0200. The van der Waals surface area contributed by atoms with Gasteiger partial charge in [-0.25, -0.2) is 0 Å². The zero-order valence-corrected chi connectivity index (χ0v) is 10.7. The van der Waals surface area contributed by atoms with E-state index in [1.807, 2.05) is 0 Å². The van der Waals surface area contributed by atoms with Crippen LogP contribution in [0.15, 0.2) is 22.2 Å². The molecule has 1 saturated carbocycles. The molecule has 0 heterocycles. The molecule has 1 unspecified atom stereocenters. The van der Waals surface area contributed by atoms with Crippen LogP contribution >= 0.6 is 23.2 Å². The molecule has 1 aliphatic carbocycles. The largest absolute Gasteiger partial charge is 0.324 e. The lowest BCUT2D eigenvalue weighted by atomic mass is 9.81. The Morgan fingerprint density at radius 3 is 2.27 bits per heavy atom. The van der Waals surface area contributed by atoms with Crippen molar-refractivity contribution in [1.82, 2.24) is 0 Å². The topological polar surface area (TPSA) is 26.0 Å². The maximum absolute atomic E-state index is 6.15. The van der Waals surface area contributed by atoms with E-state index in [2.05, 4.69) is 6.58 Å². The van der Waals surface area contributed by atoms with Crippen molar-refractivity contribution >= 4 is 23.2 Å². The van der Waals surface area contributed by atoms with Crippen LogP contribution < -0.4 is 5.73 Å². The molecule has 15 heavy (non-hydrogen) atoms. The highest BCUT2D eigenvalue weighted by atomic mass is 35.5. The fraction of sp³-hybridized carbons (Fsp3) is 0.667. The van der Waals surface area contributed by atoms with Gasteiger partial charge in [0.15, 0.2) is 0 Å². The van der Waals surface area contributed by atoms with Gasteiger partial charge in [0.05, 0.1) is 5.03 Å². The van der Waals surface area contributed by atoms with E-state index in [9.17, 15) is 0 Å². The van der Waals surface area contributed by atoms with Crippen LogP contribution in [0.2, 0.25) is 0 Å². The molecule has 0 bridgehead atoms. The lowest BCUT2D eigenvalue weighted by Gasteiger charge is -2.28. The summed E-state index contributed by atoms with van der Waals surface area (Å²) in [5, 5.41) is 1.11. The Morgan fingerprint density at radius 1 is 1.27 bits per heavy atom. The summed E-state index contributed by atoms with van der Waals surface area (Å²) in [6.45, 7) is 5.72. The Morgan fingerprint density at radius 2 is 1.80 bits per heavy atom. The first-order valence-corrected chi connectivity index (χ1v) is 6.26. The summed E-state index contributed by atoms with van der Waals surface area (Å²) in [6, 6.07) is -0.0356. The van der Waals surface area contributed by atoms with E-state index in [0.717, 1.165) is 5.57 Å². The molecule has 1 nitrogen and oxygen atoms in total. The van der Waals surface area contributed by atoms with Crippen LogP contribution in [0.3, 0.4) is 0 Å². The summed E-state index contributed by atoms with van der Waals surface area (Å²) in [5.74, 6) is 0.524. The predicted molar refractivity (Wildman–Crippen MR) is 68.1 cm³/mol. The molecule has 0 spiro atoms. The average Bonchev–Trinajstić information content (AvgIpc) is 2.27. The number of rotatable bonds is 3. The van der Waals surface area contributed by atoms with Crippen molar-refractivity contribution in [3.05, 3.63) is 22.2 Å². The van der Waals surface area contributed by atoms with Crippen molar-refractivity contribution in [2.75, 3.05) is 0 Å². The molecule has 1 fully saturated rings. The van der Waals surface area contributed by atoms with Crippen molar-refractivity contribution < 1.29 is 0 Å². The van der Waals surface area contributed by atoms with Gasteiger partial charge in [0, 0.05) is 11.1 Å². The Bertz CT molecular complexity index is 261. The minimum Gasteiger partial charge on any atom is -0.324 e. The number of allylic oxidation sites excluding steroid dienone is 1. The molecule has 1 atom stereocenters. The SMILES string of the molecule is C=C(/C(Cl)=C(\C)Cl)C(N)C1CCCCC1. The zero-order chi connectivity index (χ0) is 11.4. The normalized spacial score (nSPS) is 22.1. The quantitative estimate of drug-likeness (QED) is 0.745. The molecule has 0 radical (unpaired) electrons. The third kappa shape index (κ3) is 3.51. The van der Waals surface area contributed by atoms with Gasteiger partial charge in [0.25, 0.3) is 0 Å². The van der Waals surface area contributed by atoms with E-state index in [1.54, 1.807) is 6.92 Å². The minimum absolute atomic E-state index is 0.0356. The summed E-state index contributed by atoms with van der Waals surface area (Å²) in [5.41, 5.74) is 6.94. The fourth-order valence-electron chi connectivity index (χ4n) is 2.15. The first-order valence-electron chi connectivity index (χ1n) is 5.50. The molecule has 86 valence electrons. The van der Waals surface area contributed by atoms with E-state index in [1.165, 1.54) is 32.1 Å². The van der Waals surface area contributed by atoms with Crippen molar-refractivity contribution in [1.29, 1.82) is 0 Å². The Labute approximate surface area is 102 Å². The monoisotopic (exact) mass is 247 g/mol. The second-order valence-corrected chi connectivity index (χ2v) is 5.24. The predicted octanol–water partition coefficient (Wildman–Crippen LogP) is 4.16. The van der Waals surface area contributed by atoms with Crippen LogP contribution in [0, 0.1) is 5.92 Å². The molecular weight excluding hydrogens is 229 g/mol. The summed E-state index contributed by atoms with van der Waals surface area (Å²) < 4.78 is 0. The number of halogens is 2. The van der Waals surface area contributed by atoms with E-state index in [0.29, 0.717) is 16.0 Å². The van der Waals surface area contributed by atoms with Gasteiger partial charge in [-0.3, -0.25) is 0 Å². The standard InChI is InChI=1S/C12H19Cl2N/c1-8(11(14)9(2)13)12(15)10-6-4-3-5-7-10/h10,12H,1,3-7,15H2,2H3/b11-9-. The molecule has 3 heteroatoms. The van der Waals surface area contributed by atoms with Crippen molar-refractivity contribution in [2.24, 2.45) is 11.7 Å². The number of nitrogens with two attached hydrogens (primary N) is 1. The molecule has 1 aliphatic rings. The average molecular weight is 248 g/mol. The minimum atomic E-state index is -0.0356. The molecule has 2 N–H and O–H groups in total. The third-order valence-corrected chi connectivity index (χ3v) is 3.96. The Balaban J connectivity index is 2.63. The summed E-state index contributed by atoms with van der Waals surface area (Å²) in [7, 11) is 0. The molecule has 0 saturated heterocycles. The molecular formula is C12H19Cl2N. The van der Waals surface area contributed by atoms with E-state index < -0.39 is 0 Å². The van der Waals surface area contributed by atoms with Gasteiger partial charge < -0.3 is 5.73 Å². The van der Waals surface area contributed by atoms with Crippen molar-refractivity contribution in [3.8, 4) is 0 Å². The van der Waals surface area contributed by atoms with Gasteiger partial charge >= 0.3 is 0 Å². The van der Waals surface area contributed by atoms with Crippen molar-refractivity contribution in [2.45, 2.75) is 45.1 Å². The number of hydrogen-bond donors (Lipinski definition) is 1.